The van der Waals surface area contributed by atoms with E-state index in [0.29, 0.717) is 16.8 Å². The van der Waals surface area contributed by atoms with Crippen molar-refractivity contribution in [1.82, 2.24) is 9.88 Å². The standard InChI is InChI=1S/C26H17F2N3O2S/c27-18-9-11-19(12-10-18)31-25(33)21(24(32)29-26(31)34)13-17-15-30(23-8-4-2-6-20(17)23)14-16-5-1-3-7-22(16)28/h1-13,15H,14H2,(H,29,32,34)/b21-13-. The third-order valence-electron chi connectivity index (χ3n) is 5.60. The van der Waals surface area contributed by atoms with Crippen molar-refractivity contribution in [3.05, 3.63) is 107 Å². The Balaban J connectivity index is 1.57. The third-order valence-corrected chi connectivity index (χ3v) is 5.89. The number of nitrogens with one attached hydrogen (secondary N) is 1. The first kappa shape index (κ1) is 21.7. The molecule has 2 amide bonds. The zero-order chi connectivity index (χ0) is 23.8. The Hall–Kier alpha value is -4.17. The number of nitrogens with zero attached hydrogens (tertiary/aromatic N) is 2. The number of thiocarbonyl (C=S) groups is 1. The fraction of sp³-hybridized carbons (Fsp3) is 0.0385. The van der Waals surface area contributed by atoms with Crippen molar-refractivity contribution in [1.29, 1.82) is 0 Å². The van der Waals surface area contributed by atoms with E-state index in [1.165, 1.54) is 36.4 Å². The van der Waals surface area contributed by atoms with Gasteiger partial charge in [-0.1, -0.05) is 36.4 Å². The lowest BCUT2D eigenvalue weighted by Crippen LogP contribution is -2.54. The summed E-state index contributed by atoms with van der Waals surface area (Å²) >= 11 is 5.19. The van der Waals surface area contributed by atoms with Crippen LogP contribution in [0.5, 0.6) is 0 Å². The van der Waals surface area contributed by atoms with Gasteiger partial charge >= 0.3 is 0 Å². The largest absolute Gasteiger partial charge is 0.342 e. The minimum Gasteiger partial charge on any atom is -0.342 e. The van der Waals surface area contributed by atoms with Crippen LogP contribution in [0.3, 0.4) is 0 Å². The Morgan fingerprint density at radius 3 is 2.38 bits per heavy atom. The average molecular weight is 474 g/mol. The van der Waals surface area contributed by atoms with Crippen LogP contribution in [0, 0.1) is 11.6 Å². The molecule has 8 heteroatoms. The lowest BCUT2D eigenvalue weighted by molar-refractivity contribution is -0.122. The highest BCUT2D eigenvalue weighted by Crippen LogP contribution is 2.27. The summed E-state index contributed by atoms with van der Waals surface area (Å²) in [6, 6.07) is 19.2. The second-order valence-corrected chi connectivity index (χ2v) is 8.14. The summed E-state index contributed by atoms with van der Waals surface area (Å²) < 4.78 is 29.5. The minimum atomic E-state index is -0.626. The van der Waals surface area contributed by atoms with E-state index in [9.17, 15) is 18.4 Å². The first-order valence-electron chi connectivity index (χ1n) is 10.4. The fourth-order valence-electron chi connectivity index (χ4n) is 3.97. The number of anilines is 1. The maximum atomic E-state index is 14.3. The molecular weight excluding hydrogens is 456 g/mol. The van der Waals surface area contributed by atoms with Crippen LogP contribution in [0.2, 0.25) is 0 Å². The molecule has 1 aliphatic rings. The monoisotopic (exact) mass is 473 g/mol. The molecule has 0 saturated carbocycles. The zero-order valence-electron chi connectivity index (χ0n) is 17.7. The molecule has 5 nitrogen and oxygen atoms in total. The Morgan fingerprint density at radius 1 is 0.912 bits per heavy atom. The summed E-state index contributed by atoms with van der Waals surface area (Å²) in [4.78, 5) is 27.1. The summed E-state index contributed by atoms with van der Waals surface area (Å²) in [6.45, 7) is 0.280. The number of hydrogen-bond donors (Lipinski definition) is 1. The van der Waals surface area contributed by atoms with Crippen LogP contribution in [0.25, 0.3) is 17.0 Å². The predicted molar refractivity (Wildman–Crippen MR) is 130 cm³/mol. The van der Waals surface area contributed by atoms with Gasteiger partial charge in [-0.15, -0.1) is 0 Å². The Labute approximate surface area is 198 Å². The smallest absolute Gasteiger partial charge is 0.270 e. The topological polar surface area (TPSA) is 54.3 Å². The number of halogens is 2. The van der Waals surface area contributed by atoms with Crippen molar-refractivity contribution in [2.45, 2.75) is 6.54 Å². The number of hydrogen-bond acceptors (Lipinski definition) is 3. The van der Waals surface area contributed by atoms with E-state index in [0.717, 1.165) is 15.8 Å². The van der Waals surface area contributed by atoms with Crippen LogP contribution in [-0.4, -0.2) is 21.5 Å². The van der Waals surface area contributed by atoms with Gasteiger partial charge in [-0.05, 0) is 54.7 Å². The Kier molecular flexibility index (Phi) is 5.51. The molecule has 3 aromatic carbocycles. The molecule has 1 fully saturated rings. The molecule has 0 spiro atoms. The molecule has 34 heavy (non-hydrogen) atoms. The first-order chi connectivity index (χ1) is 16.4. The minimum absolute atomic E-state index is 0.0826. The molecule has 1 aliphatic heterocycles. The molecule has 0 atom stereocenters. The molecule has 5 rings (SSSR count). The summed E-state index contributed by atoms with van der Waals surface area (Å²) in [5, 5.41) is 3.24. The first-order valence-corrected chi connectivity index (χ1v) is 10.8. The van der Waals surface area contributed by atoms with Gasteiger partial charge < -0.3 is 4.57 Å². The number of rotatable bonds is 4. The Morgan fingerprint density at radius 2 is 1.62 bits per heavy atom. The SMILES string of the molecule is O=C1NC(=S)N(c2ccc(F)cc2)C(=O)/C1=C\c1cn(Cc2ccccc2F)c2ccccc12. The summed E-state index contributed by atoms with van der Waals surface area (Å²) in [6.07, 6.45) is 3.27. The second kappa shape index (κ2) is 8.64. The zero-order valence-corrected chi connectivity index (χ0v) is 18.5. The fourth-order valence-corrected chi connectivity index (χ4v) is 4.25. The van der Waals surface area contributed by atoms with Gasteiger partial charge in [0.2, 0.25) is 0 Å². The lowest BCUT2D eigenvalue weighted by Gasteiger charge is -2.28. The molecule has 0 bridgehead atoms. The van der Waals surface area contributed by atoms with Crippen LogP contribution in [0.15, 0.2) is 84.6 Å². The van der Waals surface area contributed by atoms with E-state index in [1.54, 1.807) is 24.4 Å². The van der Waals surface area contributed by atoms with Gasteiger partial charge in [-0.2, -0.15) is 0 Å². The third kappa shape index (κ3) is 3.88. The molecule has 0 unspecified atom stereocenters. The molecule has 2 heterocycles. The van der Waals surface area contributed by atoms with E-state index >= 15 is 0 Å². The predicted octanol–water partition coefficient (Wildman–Crippen LogP) is 4.80. The van der Waals surface area contributed by atoms with Gasteiger partial charge in [0.15, 0.2) is 5.11 Å². The highest BCUT2D eigenvalue weighted by molar-refractivity contribution is 7.80. The highest BCUT2D eigenvalue weighted by Gasteiger charge is 2.34. The number of carbonyl (C=O) groups is 2. The van der Waals surface area contributed by atoms with Crippen LogP contribution < -0.4 is 10.2 Å². The van der Waals surface area contributed by atoms with Crippen molar-refractivity contribution in [2.75, 3.05) is 4.90 Å². The van der Waals surface area contributed by atoms with Gasteiger partial charge in [-0.25, -0.2) is 8.78 Å². The maximum absolute atomic E-state index is 14.3. The lowest BCUT2D eigenvalue weighted by atomic mass is 10.1. The highest BCUT2D eigenvalue weighted by atomic mass is 32.1. The van der Waals surface area contributed by atoms with E-state index in [2.05, 4.69) is 5.32 Å². The number of fused-ring (bicyclic) bond motifs is 1. The Bertz CT molecular complexity index is 1490. The number of carbonyl (C=O) groups excluding carboxylic acids is 2. The molecule has 0 radical (unpaired) electrons. The van der Waals surface area contributed by atoms with Gasteiger partial charge in [0, 0.05) is 28.2 Å². The second-order valence-electron chi connectivity index (χ2n) is 7.76. The van der Waals surface area contributed by atoms with Crippen LogP contribution >= 0.6 is 12.2 Å². The normalized spacial score (nSPS) is 15.3. The number of benzene rings is 3. The molecular formula is C26H17F2N3O2S. The van der Waals surface area contributed by atoms with E-state index in [4.69, 9.17) is 12.2 Å². The van der Waals surface area contributed by atoms with Crippen molar-refractivity contribution >= 4 is 51.8 Å². The van der Waals surface area contributed by atoms with E-state index < -0.39 is 17.6 Å². The molecule has 168 valence electrons. The van der Waals surface area contributed by atoms with Crippen molar-refractivity contribution in [2.24, 2.45) is 0 Å². The van der Waals surface area contributed by atoms with Gasteiger partial charge in [0.1, 0.15) is 17.2 Å². The maximum Gasteiger partial charge on any atom is 0.270 e. The number of amides is 2. The van der Waals surface area contributed by atoms with Crippen molar-refractivity contribution in [3.8, 4) is 0 Å². The number of para-hydroxylation sites is 1. The number of aromatic nitrogens is 1. The van der Waals surface area contributed by atoms with Crippen LogP contribution in [0.4, 0.5) is 14.5 Å². The van der Waals surface area contributed by atoms with Gasteiger partial charge in [0.25, 0.3) is 11.8 Å². The molecule has 4 aromatic rings. The van der Waals surface area contributed by atoms with Crippen LogP contribution in [-0.2, 0) is 16.1 Å². The molecule has 1 saturated heterocycles. The van der Waals surface area contributed by atoms with E-state index in [1.807, 2.05) is 28.8 Å². The molecule has 1 N–H and O–H groups in total. The molecule has 0 aliphatic carbocycles. The van der Waals surface area contributed by atoms with Crippen LogP contribution in [0.1, 0.15) is 11.1 Å². The summed E-state index contributed by atoms with van der Waals surface area (Å²) in [5.74, 6) is -2.02. The van der Waals surface area contributed by atoms with Crippen molar-refractivity contribution in [3.63, 3.8) is 0 Å². The summed E-state index contributed by atoms with van der Waals surface area (Å²) in [7, 11) is 0. The quantitative estimate of drug-likeness (QED) is 0.263. The average Bonchev–Trinajstić information content (AvgIpc) is 3.16. The van der Waals surface area contributed by atoms with Gasteiger partial charge in [0.05, 0.1) is 12.2 Å². The summed E-state index contributed by atoms with van der Waals surface area (Å²) in [5.41, 5.74) is 2.18. The van der Waals surface area contributed by atoms with E-state index in [-0.39, 0.29) is 23.0 Å². The van der Waals surface area contributed by atoms with Crippen molar-refractivity contribution < 1.29 is 18.4 Å². The van der Waals surface area contributed by atoms with Gasteiger partial charge in [-0.3, -0.25) is 19.8 Å². The molecule has 1 aromatic heterocycles.